The van der Waals surface area contributed by atoms with E-state index in [0.29, 0.717) is 5.92 Å². The lowest BCUT2D eigenvalue weighted by atomic mass is 9.91. The van der Waals surface area contributed by atoms with Crippen molar-refractivity contribution in [1.82, 2.24) is 24.7 Å². The van der Waals surface area contributed by atoms with Gasteiger partial charge in [-0.2, -0.15) is 4.98 Å². The van der Waals surface area contributed by atoms with E-state index in [4.69, 9.17) is 5.73 Å². The smallest absolute Gasteiger partial charge is 0.245 e. The molecule has 3 heterocycles. The van der Waals surface area contributed by atoms with Crippen molar-refractivity contribution < 1.29 is 0 Å². The first kappa shape index (κ1) is 13.1. The minimum atomic E-state index is 0.272. The van der Waals surface area contributed by atoms with E-state index in [0.717, 1.165) is 43.4 Å². The van der Waals surface area contributed by atoms with Crippen molar-refractivity contribution in [3.05, 3.63) is 12.5 Å². The van der Waals surface area contributed by atoms with E-state index in [-0.39, 0.29) is 6.04 Å². The van der Waals surface area contributed by atoms with Crippen molar-refractivity contribution >= 4 is 5.95 Å². The van der Waals surface area contributed by atoms with E-state index >= 15 is 0 Å². The Labute approximate surface area is 118 Å². The summed E-state index contributed by atoms with van der Waals surface area (Å²) in [5, 5.41) is 7.27. The molecule has 0 saturated carbocycles. The summed E-state index contributed by atoms with van der Waals surface area (Å²) in [6, 6.07) is 0.272. The van der Waals surface area contributed by atoms with Crippen molar-refractivity contribution in [2.24, 2.45) is 18.7 Å². The molecular formula is C13H21N7. The third-order valence-corrected chi connectivity index (χ3v) is 3.99. The van der Waals surface area contributed by atoms with Crippen molar-refractivity contribution in [2.75, 3.05) is 18.0 Å². The standard InChI is InChI=1S/C13H21N7/c1-9(14)10-3-5-20(6-4-10)13-16-12(17-18-13)11-7-19(2)8-15-11/h7-10H,3-6,14H2,1-2H3,(H,16,17,18). The highest BCUT2D eigenvalue weighted by molar-refractivity contribution is 5.50. The second-order valence-corrected chi connectivity index (χ2v) is 5.59. The number of nitrogens with zero attached hydrogens (tertiary/aromatic N) is 5. The summed E-state index contributed by atoms with van der Waals surface area (Å²) in [5.74, 6) is 2.09. The monoisotopic (exact) mass is 275 g/mol. The number of nitrogens with two attached hydrogens (primary N) is 1. The normalized spacial score (nSPS) is 18.4. The Kier molecular flexibility index (Phi) is 3.43. The molecule has 1 fully saturated rings. The van der Waals surface area contributed by atoms with Gasteiger partial charge < -0.3 is 15.2 Å². The molecule has 1 atom stereocenters. The molecule has 20 heavy (non-hydrogen) atoms. The number of rotatable bonds is 3. The van der Waals surface area contributed by atoms with Gasteiger partial charge in [-0.15, -0.1) is 5.10 Å². The average molecular weight is 275 g/mol. The number of hydrogen-bond donors (Lipinski definition) is 2. The molecule has 0 radical (unpaired) electrons. The summed E-state index contributed by atoms with van der Waals surface area (Å²) in [4.78, 5) is 11.0. The largest absolute Gasteiger partial charge is 0.340 e. The van der Waals surface area contributed by atoms with Gasteiger partial charge in [0.1, 0.15) is 5.69 Å². The van der Waals surface area contributed by atoms with Crippen LogP contribution in [0.25, 0.3) is 11.5 Å². The summed E-state index contributed by atoms with van der Waals surface area (Å²) in [6.45, 7) is 4.02. The number of aromatic amines is 1. The number of hydrogen-bond acceptors (Lipinski definition) is 5. The summed E-state index contributed by atoms with van der Waals surface area (Å²) in [6.07, 6.45) is 5.88. The van der Waals surface area contributed by atoms with Crippen LogP contribution in [0, 0.1) is 5.92 Å². The van der Waals surface area contributed by atoms with Gasteiger partial charge in [-0.1, -0.05) is 0 Å². The molecule has 3 rings (SSSR count). The number of aromatic nitrogens is 5. The minimum Gasteiger partial charge on any atom is -0.340 e. The van der Waals surface area contributed by atoms with Gasteiger partial charge >= 0.3 is 0 Å². The maximum atomic E-state index is 5.97. The number of imidazole rings is 1. The predicted octanol–water partition coefficient (Wildman–Crippen LogP) is 0.769. The van der Waals surface area contributed by atoms with Crippen LogP contribution in [0.15, 0.2) is 12.5 Å². The Balaban J connectivity index is 1.69. The molecule has 2 aromatic heterocycles. The molecule has 1 saturated heterocycles. The summed E-state index contributed by atoms with van der Waals surface area (Å²) in [5.41, 5.74) is 6.78. The summed E-state index contributed by atoms with van der Waals surface area (Å²) < 4.78 is 1.89. The Hall–Kier alpha value is -1.89. The van der Waals surface area contributed by atoms with E-state index in [1.165, 1.54) is 0 Å². The highest BCUT2D eigenvalue weighted by Crippen LogP contribution is 2.23. The van der Waals surface area contributed by atoms with Crippen LogP contribution in [0.4, 0.5) is 5.95 Å². The van der Waals surface area contributed by atoms with Crippen LogP contribution < -0.4 is 10.6 Å². The topological polar surface area (TPSA) is 88.6 Å². The molecule has 0 amide bonds. The zero-order valence-corrected chi connectivity index (χ0v) is 12.0. The molecule has 0 aromatic carbocycles. The van der Waals surface area contributed by atoms with Gasteiger partial charge in [-0.25, -0.2) is 4.98 Å². The minimum absolute atomic E-state index is 0.272. The molecule has 7 heteroatoms. The van der Waals surface area contributed by atoms with Gasteiger partial charge in [-0.3, -0.25) is 5.10 Å². The van der Waals surface area contributed by atoms with Crippen LogP contribution in [0.1, 0.15) is 19.8 Å². The average Bonchev–Trinajstić information content (AvgIpc) is 3.07. The van der Waals surface area contributed by atoms with Gasteiger partial charge in [0, 0.05) is 32.4 Å². The van der Waals surface area contributed by atoms with Crippen molar-refractivity contribution in [3.63, 3.8) is 0 Å². The van der Waals surface area contributed by atoms with Crippen LogP contribution in [-0.2, 0) is 7.05 Å². The van der Waals surface area contributed by atoms with Gasteiger partial charge in [0.25, 0.3) is 0 Å². The first-order valence-corrected chi connectivity index (χ1v) is 7.05. The predicted molar refractivity (Wildman–Crippen MR) is 77.2 cm³/mol. The first-order valence-electron chi connectivity index (χ1n) is 7.05. The van der Waals surface area contributed by atoms with Crippen LogP contribution in [0.5, 0.6) is 0 Å². The summed E-state index contributed by atoms with van der Waals surface area (Å²) in [7, 11) is 1.94. The first-order chi connectivity index (χ1) is 9.63. The van der Waals surface area contributed by atoms with Crippen molar-refractivity contribution in [2.45, 2.75) is 25.8 Å². The third-order valence-electron chi connectivity index (χ3n) is 3.99. The van der Waals surface area contributed by atoms with E-state index < -0.39 is 0 Å². The van der Waals surface area contributed by atoms with Gasteiger partial charge in [-0.05, 0) is 25.7 Å². The second-order valence-electron chi connectivity index (χ2n) is 5.59. The quantitative estimate of drug-likeness (QED) is 0.863. The number of piperidine rings is 1. The van der Waals surface area contributed by atoms with Crippen molar-refractivity contribution in [3.8, 4) is 11.5 Å². The Morgan fingerprint density at radius 2 is 2.15 bits per heavy atom. The second kappa shape index (κ2) is 5.24. The number of anilines is 1. The maximum Gasteiger partial charge on any atom is 0.245 e. The molecule has 1 aliphatic rings. The van der Waals surface area contributed by atoms with Crippen LogP contribution in [0.3, 0.4) is 0 Å². The Bertz CT molecular complexity index is 563. The third kappa shape index (κ3) is 2.53. The molecule has 2 aromatic rings. The van der Waals surface area contributed by atoms with Crippen LogP contribution >= 0.6 is 0 Å². The molecule has 0 aliphatic carbocycles. The maximum absolute atomic E-state index is 5.97. The molecule has 0 spiro atoms. The molecular weight excluding hydrogens is 254 g/mol. The zero-order chi connectivity index (χ0) is 14.1. The lowest BCUT2D eigenvalue weighted by Crippen LogP contribution is -2.40. The fraction of sp³-hybridized carbons (Fsp3) is 0.615. The van der Waals surface area contributed by atoms with E-state index in [2.05, 4.69) is 32.0 Å². The molecule has 0 bridgehead atoms. The molecule has 1 aliphatic heterocycles. The summed E-state index contributed by atoms with van der Waals surface area (Å²) >= 11 is 0. The molecule has 7 nitrogen and oxygen atoms in total. The van der Waals surface area contributed by atoms with E-state index in [1.807, 2.05) is 17.8 Å². The van der Waals surface area contributed by atoms with E-state index in [1.54, 1.807) is 6.33 Å². The molecule has 3 N–H and O–H groups in total. The Morgan fingerprint density at radius 3 is 2.75 bits per heavy atom. The lowest BCUT2D eigenvalue weighted by Gasteiger charge is -2.32. The van der Waals surface area contributed by atoms with Gasteiger partial charge in [0.2, 0.25) is 5.95 Å². The Morgan fingerprint density at radius 1 is 1.40 bits per heavy atom. The fourth-order valence-electron chi connectivity index (χ4n) is 2.67. The number of nitrogens with one attached hydrogen (secondary N) is 1. The van der Waals surface area contributed by atoms with Crippen LogP contribution in [-0.4, -0.2) is 43.9 Å². The van der Waals surface area contributed by atoms with Crippen molar-refractivity contribution in [1.29, 1.82) is 0 Å². The van der Waals surface area contributed by atoms with Crippen LogP contribution in [0.2, 0.25) is 0 Å². The lowest BCUT2D eigenvalue weighted by molar-refractivity contribution is 0.352. The SMILES string of the molecule is CC(N)C1CCN(c2n[nH]c(-c3cn(C)cn3)n2)CC1. The molecule has 108 valence electrons. The van der Waals surface area contributed by atoms with Gasteiger partial charge in [0.05, 0.1) is 6.33 Å². The highest BCUT2D eigenvalue weighted by Gasteiger charge is 2.24. The molecule has 1 unspecified atom stereocenters. The fourth-order valence-corrected chi connectivity index (χ4v) is 2.67. The number of aryl methyl sites for hydroxylation is 1. The number of H-pyrrole nitrogens is 1. The van der Waals surface area contributed by atoms with Gasteiger partial charge in [0.15, 0.2) is 5.82 Å². The van der Waals surface area contributed by atoms with E-state index in [9.17, 15) is 0 Å². The zero-order valence-electron chi connectivity index (χ0n) is 12.0. The highest BCUT2D eigenvalue weighted by atomic mass is 15.4.